The fourth-order valence-corrected chi connectivity index (χ4v) is 4.31. The van der Waals surface area contributed by atoms with Crippen LogP contribution in [0.5, 0.6) is 0 Å². The maximum atomic E-state index is 13.2. The van der Waals surface area contributed by atoms with Gasteiger partial charge in [-0.3, -0.25) is 0 Å². The quantitative estimate of drug-likeness (QED) is 0.268. The summed E-state index contributed by atoms with van der Waals surface area (Å²) in [4.78, 5) is 0. The van der Waals surface area contributed by atoms with E-state index in [9.17, 15) is 4.39 Å². The summed E-state index contributed by atoms with van der Waals surface area (Å²) in [7, 11) is 0. The molecule has 0 bridgehead atoms. The van der Waals surface area contributed by atoms with Crippen LogP contribution in [0.25, 0.3) is 5.70 Å². The van der Waals surface area contributed by atoms with Gasteiger partial charge < -0.3 is 10.6 Å². The summed E-state index contributed by atoms with van der Waals surface area (Å²) < 4.78 is 13.2. The molecule has 1 unspecified atom stereocenters. The number of benzene rings is 3. The molecule has 0 saturated heterocycles. The summed E-state index contributed by atoms with van der Waals surface area (Å²) in [6.45, 7) is 15.4. The first-order valence-corrected chi connectivity index (χ1v) is 12.7. The molecular formula is C32H35FN4. The average molecular weight is 495 g/mol. The lowest BCUT2D eigenvalue weighted by Gasteiger charge is -2.25. The van der Waals surface area contributed by atoms with Crippen molar-refractivity contribution < 1.29 is 4.39 Å². The molecule has 0 aromatic heterocycles. The minimum atomic E-state index is -0.251. The van der Waals surface area contributed by atoms with Gasteiger partial charge >= 0.3 is 0 Å². The molecule has 5 heteroatoms. The molecule has 0 saturated carbocycles. The molecule has 1 atom stereocenters. The van der Waals surface area contributed by atoms with Gasteiger partial charge in [-0.05, 0) is 65.8 Å². The SMILES string of the molecule is C=C(C)CCNC(=C)c1ccc(C(Nc2ccc(C3=NN=C(c4ccc(F)cc4)C3)cc2)C(C)C)cc1. The minimum absolute atomic E-state index is 0.168. The Bertz CT molecular complexity index is 1300. The lowest BCUT2D eigenvalue weighted by Crippen LogP contribution is -2.17. The van der Waals surface area contributed by atoms with E-state index in [2.05, 4.69) is 96.4 Å². The fourth-order valence-electron chi connectivity index (χ4n) is 4.31. The van der Waals surface area contributed by atoms with E-state index in [0.717, 1.165) is 58.0 Å². The molecule has 0 aliphatic carbocycles. The predicted molar refractivity (Wildman–Crippen MR) is 155 cm³/mol. The zero-order valence-electron chi connectivity index (χ0n) is 21.9. The van der Waals surface area contributed by atoms with Crippen LogP contribution in [-0.4, -0.2) is 18.0 Å². The summed E-state index contributed by atoms with van der Waals surface area (Å²) >= 11 is 0. The van der Waals surface area contributed by atoms with Crippen LogP contribution >= 0.6 is 0 Å². The fraction of sp³-hybridized carbons (Fsp3) is 0.250. The van der Waals surface area contributed by atoms with E-state index in [1.54, 1.807) is 12.1 Å². The minimum Gasteiger partial charge on any atom is -0.385 e. The van der Waals surface area contributed by atoms with E-state index >= 15 is 0 Å². The number of hydrogen-bond acceptors (Lipinski definition) is 4. The van der Waals surface area contributed by atoms with E-state index in [1.807, 2.05) is 6.92 Å². The van der Waals surface area contributed by atoms with Crippen molar-refractivity contribution in [2.45, 2.75) is 39.7 Å². The van der Waals surface area contributed by atoms with E-state index in [0.29, 0.717) is 12.3 Å². The highest BCUT2D eigenvalue weighted by Crippen LogP contribution is 2.28. The molecule has 1 aliphatic rings. The third kappa shape index (κ3) is 6.82. The van der Waals surface area contributed by atoms with Crippen LogP contribution in [0.4, 0.5) is 10.1 Å². The van der Waals surface area contributed by atoms with Crippen LogP contribution < -0.4 is 10.6 Å². The molecule has 3 aromatic carbocycles. The zero-order valence-corrected chi connectivity index (χ0v) is 21.9. The highest BCUT2D eigenvalue weighted by Gasteiger charge is 2.18. The van der Waals surface area contributed by atoms with Crippen LogP contribution in [0.2, 0.25) is 0 Å². The van der Waals surface area contributed by atoms with Crippen molar-refractivity contribution in [2.75, 3.05) is 11.9 Å². The standard InChI is InChI=1S/C32H35FN4/c1-21(2)18-19-34-23(5)24-6-8-27(9-7-24)32(22(3)4)35-29-16-12-26(13-17-29)31-20-30(36-37-31)25-10-14-28(33)15-11-25/h6-17,22,32,34-35H,1,5,18-20H2,2-4H3. The van der Waals surface area contributed by atoms with E-state index < -0.39 is 0 Å². The van der Waals surface area contributed by atoms with E-state index in [-0.39, 0.29) is 11.9 Å². The average Bonchev–Trinajstić information content (AvgIpc) is 3.38. The Morgan fingerprint density at radius 1 is 0.865 bits per heavy atom. The molecular weight excluding hydrogens is 459 g/mol. The van der Waals surface area contributed by atoms with Gasteiger partial charge in [0.2, 0.25) is 0 Å². The molecule has 0 radical (unpaired) electrons. The van der Waals surface area contributed by atoms with Crippen LogP contribution in [0, 0.1) is 11.7 Å². The van der Waals surface area contributed by atoms with Crippen molar-refractivity contribution in [3.05, 3.63) is 120 Å². The molecule has 2 N–H and O–H groups in total. The molecule has 0 fully saturated rings. The molecule has 0 amide bonds. The summed E-state index contributed by atoms with van der Waals surface area (Å²) in [5.41, 5.74) is 9.17. The molecule has 37 heavy (non-hydrogen) atoms. The highest BCUT2D eigenvalue weighted by atomic mass is 19.1. The monoisotopic (exact) mass is 494 g/mol. The Hall–Kier alpha value is -3.99. The van der Waals surface area contributed by atoms with Crippen molar-refractivity contribution in [1.82, 2.24) is 5.32 Å². The molecule has 4 nitrogen and oxygen atoms in total. The number of rotatable bonds is 11. The number of nitrogens with one attached hydrogen (secondary N) is 2. The van der Waals surface area contributed by atoms with Crippen molar-refractivity contribution >= 4 is 22.8 Å². The number of nitrogens with zero attached hydrogens (tertiary/aromatic N) is 2. The van der Waals surface area contributed by atoms with Gasteiger partial charge in [-0.1, -0.05) is 74.5 Å². The van der Waals surface area contributed by atoms with Crippen molar-refractivity contribution in [2.24, 2.45) is 16.1 Å². The molecule has 4 rings (SSSR count). The van der Waals surface area contributed by atoms with Gasteiger partial charge in [-0.25, -0.2) is 4.39 Å². The lowest BCUT2D eigenvalue weighted by molar-refractivity contribution is 0.546. The van der Waals surface area contributed by atoms with Gasteiger partial charge in [-0.15, -0.1) is 6.58 Å². The first-order valence-electron chi connectivity index (χ1n) is 12.7. The van der Waals surface area contributed by atoms with Gasteiger partial charge in [0.25, 0.3) is 0 Å². The largest absolute Gasteiger partial charge is 0.385 e. The van der Waals surface area contributed by atoms with Crippen LogP contribution in [0.1, 0.15) is 61.9 Å². The van der Waals surface area contributed by atoms with Gasteiger partial charge in [0.15, 0.2) is 0 Å². The Morgan fingerprint density at radius 3 is 1.97 bits per heavy atom. The Kier molecular flexibility index (Phi) is 8.34. The lowest BCUT2D eigenvalue weighted by atomic mass is 9.94. The second-order valence-corrected chi connectivity index (χ2v) is 9.95. The van der Waals surface area contributed by atoms with Gasteiger partial charge in [0.1, 0.15) is 5.82 Å². The van der Waals surface area contributed by atoms with Crippen LogP contribution in [-0.2, 0) is 0 Å². The summed E-state index contributed by atoms with van der Waals surface area (Å²) in [5, 5.41) is 15.8. The zero-order chi connectivity index (χ0) is 26.4. The molecule has 0 spiro atoms. The predicted octanol–water partition coefficient (Wildman–Crippen LogP) is 7.76. The summed E-state index contributed by atoms with van der Waals surface area (Å²) in [6.07, 6.45) is 1.57. The maximum absolute atomic E-state index is 13.2. The smallest absolute Gasteiger partial charge is 0.123 e. The normalized spacial score (nSPS) is 13.6. The molecule has 1 aliphatic heterocycles. The maximum Gasteiger partial charge on any atom is 0.123 e. The van der Waals surface area contributed by atoms with Gasteiger partial charge in [-0.2, -0.15) is 10.2 Å². The van der Waals surface area contributed by atoms with Gasteiger partial charge in [0, 0.05) is 24.4 Å². The van der Waals surface area contributed by atoms with Crippen molar-refractivity contribution in [3.63, 3.8) is 0 Å². The van der Waals surface area contributed by atoms with Gasteiger partial charge in [0.05, 0.1) is 17.5 Å². The van der Waals surface area contributed by atoms with Crippen LogP contribution in [0.15, 0.2) is 102 Å². The molecule has 3 aromatic rings. The third-order valence-corrected chi connectivity index (χ3v) is 6.52. The Labute approximate surface area is 219 Å². The third-order valence-electron chi connectivity index (χ3n) is 6.52. The van der Waals surface area contributed by atoms with Crippen molar-refractivity contribution in [3.8, 4) is 0 Å². The second-order valence-electron chi connectivity index (χ2n) is 9.95. The number of halogens is 1. The first kappa shape index (κ1) is 26.1. The Balaban J connectivity index is 1.38. The Morgan fingerprint density at radius 2 is 1.43 bits per heavy atom. The topological polar surface area (TPSA) is 48.8 Å². The van der Waals surface area contributed by atoms with Crippen molar-refractivity contribution in [1.29, 1.82) is 0 Å². The van der Waals surface area contributed by atoms with E-state index in [1.165, 1.54) is 17.7 Å². The summed E-state index contributed by atoms with van der Waals surface area (Å²) in [6, 6.07) is 23.5. The van der Waals surface area contributed by atoms with Crippen LogP contribution in [0.3, 0.4) is 0 Å². The second kappa shape index (κ2) is 11.8. The number of hydrogen-bond donors (Lipinski definition) is 2. The molecule has 190 valence electrons. The molecule has 1 heterocycles. The summed E-state index contributed by atoms with van der Waals surface area (Å²) in [5.74, 6) is 0.146. The highest BCUT2D eigenvalue weighted by molar-refractivity contribution is 6.20. The van der Waals surface area contributed by atoms with E-state index in [4.69, 9.17) is 0 Å². The first-order chi connectivity index (χ1) is 17.8. The number of anilines is 1.